The van der Waals surface area contributed by atoms with E-state index in [1.165, 1.54) is 12.5 Å². The van der Waals surface area contributed by atoms with Crippen molar-refractivity contribution < 1.29 is 33.6 Å². The fraction of sp³-hybridized carbons (Fsp3) is 0.667. The first-order valence-electron chi connectivity index (χ1n) is 13.7. The van der Waals surface area contributed by atoms with E-state index >= 15 is 0 Å². The van der Waals surface area contributed by atoms with Crippen molar-refractivity contribution in [2.45, 2.75) is 77.9 Å². The Bertz CT molecular complexity index is 1140. The molecule has 37 heavy (non-hydrogen) atoms. The van der Waals surface area contributed by atoms with Gasteiger partial charge in [0, 0.05) is 17.8 Å². The van der Waals surface area contributed by atoms with E-state index in [2.05, 4.69) is 20.4 Å². The lowest BCUT2D eigenvalue weighted by Crippen LogP contribution is -2.65. The second-order valence-electron chi connectivity index (χ2n) is 12.7. The van der Waals surface area contributed by atoms with E-state index in [4.69, 9.17) is 18.9 Å². The maximum atomic E-state index is 13.3. The minimum Gasteiger partial charge on any atom is -0.465 e. The molecule has 0 aromatic heterocycles. The van der Waals surface area contributed by atoms with Gasteiger partial charge in [-0.2, -0.15) is 0 Å². The average Bonchev–Trinajstić information content (AvgIpc) is 3.43. The lowest BCUT2D eigenvalue weighted by molar-refractivity contribution is -0.232. The predicted octanol–water partition coefficient (Wildman–Crippen LogP) is 5.05. The van der Waals surface area contributed by atoms with Crippen LogP contribution in [0, 0.1) is 34.0 Å². The van der Waals surface area contributed by atoms with Gasteiger partial charge in [-0.05, 0) is 86.3 Å². The van der Waals surface area contributed by atoms with Crippen molar-refractivity contribution in [2.75, 3.05) is 13.4 Å². The van der Waals surface area contributed by atoms with Crippen molar-refractivity contribution in [3.63, 3.8) is 0 Å². The molecule has 0 saturated heterocycles. The maximum Gasteiger partial charge on any atom is 0.338 e. The van der Waals surface area contributed by atoms with Crippen LogP contribution >= 0.6 is 0 Å². The number of aliphatic hydroxyl groups is 1. The Morgan fingerprint density at radius 2 is 1.92 bits per heavy atom. The number of rotatable bonds is 4. The minimum atomic E-state index is -0.625. The number of allylic oxidation sites excluding steroid dienone is 1. The summed E-state index contributed by atoms with van der Waals surface area (Å²) in [4.78, 5) is 25.3. The smallest absolute Gasteiger partial charge is 0.338 e. The van der Waals surface area contributed by atoms with Crippen molar-refractivity contribution in [1.29, 1.82) is 0 Å². The molecular formula is C30H38O7. The Labute approximate surface area is 218 Å². The first-order valence-corrected chi connectivity index (χ1v) is 13.7. The minimum absolute atomic E-state index is 0.0405. The molecule has 4 aliphatic carbocycles. The van der Waals surface area contributed by atoms with Crippen molar-refractivity contribution >= 4 is 11.9 Å². The average molecular weight is 511 g/mol. The molecule has 200 valence electrons. The van der Waals surface area contributed by atoms with Crippen LogP contribution in [0.3, 0.4) is 0 Å². The summed E-state index contributed by atoms with van der Waals surface area (Å²) >= 11 is 0. The number of aliphatic hydroxyl groups excluding tert-OH is 1. The molecule has 2 bridgehead atoms. The van der Waals surface area contributed by atoms with Gasteiger partial charge in [-0.3, -0.25) is 4.79 Å². The standard InChI is InChI=1S/C30H38O7/c1-17-13-30-14-20(17)6-8-23(30)28(3)10-9-26(29(4,15-34-18(2)31)24(28)12-25(30)32)37-27(33)19-5-7-21-22(11-19)36-16-35-21/h5,7,11,20,23-26,32H,1,6,8-10,12-16H2,2-4H3/t20-,23-,24+,25-,26+,28-,29+,30+/m0/s1. The number of hydrogen-bond acceptors (Lipinski definition) is 7. The molecular weight excluding hydrogens is 472 g/mol. The molecule has 0 unspecified atom stereocenters. The van der Waals surface area contributed by atoms with Gasteiger partial charge >= 0.3 is 11.9 Å². The van der Waals surface area contributed by atoms with Crippen LogP contribution in [0.4, 0.5) is 0 Å². The van der Waals surface area contributed by atoms with Gasteiger partial charge < -0.3 is 24.1 Å². The highest BCUT2D eigenvalue weighted by Crippen LogP contribution is 2.72. The van der Waals surface area contributed by atoms with Gasteiger partial charge in [-0.15, -0.1) is 0 Å². The third-order valence-corrected chi connectivity index (χ3v) is 10.9. The lowest BCUT2D eigenvalue weighted by atomic mass is 9.40. The number of fused-ring (bicyclic) bond motifs is 4. The van der Waals surface area contributed by atoms with Crippen LogP contribution in [0.1, 0.15) is 76.1 Å². The van der Waals surface area contributed by atoms with Crippen LogP contribution in [0.15, 0.2) is 30.4 Å². The molecule has 1 aliphatic heterocycles. The number of benzene rings is 1. The van der Waals surface area contributed by atoms with E-state index in [9.17, 15) is 14.7 Å². The fourth-order valence-corrected chi connectivity index (χ4v) is 9.14. The summed E-state index contributed by atoms with van der Waals surface area (Å²) in [6, 6.07) is 5.06. The molecule has 1 aromatic rings. The number of ether oxygens (including phenoxy) is 4. The van der Waals surface area contributed by atoms with Crippen molar-refractivity contribution in [1.82, 2.24) is 0 Å². The lowest BCUT2D eigenvalue weighted by Gasteiger charge is -2.66. The highest BCUT2D eigenvalue weighted by Gasteiger charge is 2.68. The molecule has 7 heteroatoms. The molecule has 0 amide bonds. The number of carbonyl (C=O) groups excluding carboxylic acids is 2. The van der Waals surface area contributed by atoms with E-state index < -0.39 is 23.6 Å². The van der Waals surface area contributed by atoms with Crippen LogP contribution in [0.5, 0.6) is 11.5 Å². The Balaban J connectivity index is 1.32. The third kappa shape index (κ3) is 3.63. The molecule has 5 aliphatic rings. The molecule has 1 spiro atoms. The number of esters is 2. The highest BCUT2D eigenvalue weighted by molar-refractivity contribution is 5.90. The Kier molecular flexibility index (Phi) is 5.68. The summed E-state index contributed by atoms with van der Waals surface area (Å²) in [5.74, 6) is 1.29. The first-order chi connectivity index (χ1) is 17.6. The normalized spacial score (nSPS) is 41.5. The zero-order valence-corrected chi connectivity index (χ0v) is 22.1. The molecule has 4 saturated carbocycles. The molecule has 1 aromatic carbocycles. The van der Waals surface area contributed by atoms with Crippen molar-refractivity contribution in [3.8, 4) is 11.5 Å². The van der Waals surface area contributed by atoms with Crippen LogP contribution in [-0.4, -0.2) is 42.7 Å². The predicted molar refractivity (Wildman–Crippen MR) is 135 cm³/mol. The zero-order valence-electron chi connectivity index (χ0n) is 22.1. The summed E-state index contributed by atoms with van der Waals surface area (Å²) in [5, 5.41) is 11.7. The molecule has 4 fully saturated rings. The summed E-state index contributed by atoms with van der Waals surface area (Å²) in [7, 11) is 0. The third-order valence-electron chi connectivity index (χ3n) is 10.9. The SMILES string of the molecule is C=C1C[C@@]23C[C@@H]1CC[C@H]2[C@]1(C)CC[C@@H](OC(=O)c2ccc4c(c2)OCO4)[C@](C)(COC(C)=O)[C@@H]1C[C@@H]3O. The van der Waals surface area contributed by atoms with Crippen LogP contribution in [0.25, 0.3) is 0 Å². The molecule has 6 rings (SSSR count). The first kappa shape index (κ1) is 24.8. The van der Waals surface area contributed by atoms with Gasteiger partial charge in [0.15, 0.2) is 11.5 Å². The van der Waals surface area contributed by atoms with E-state index in [0.29, 0.717) is 41.7 Å². The topological polar surface area (TPSA) is 91.3 Å². The van der Waals surface area contributed by atoms with Crippen molar-refractivity contribution in [2.24, 2.45) is 34.0 Å². The van der Waals surface area contributed by atoms with Gasteiger partial charge in [0.25, 0.3) is 0 Å². The van der Waals surface area contributed by atoms with Crippen LogP contribution in [0.2, 0.25) is 0 Å². The Morgan fingerprint density at radius 3 is 2.70 bits per heavy atom. The van der Waals surface area contributed by atoms with Crippen LogP contribution in [-0.2, 0) is 14.3 Å². The van der Waals surface area contributed by atoms with Gasteiger partial charge in [0.1, 0.15) is 12.7 Å². The van der Waals surface area contributed by atoms with Gasteiger partial charge in [0.2, 0.25) is 6.79 Å². The van der Waals surface area contributed by atoms with E-state index in [0.717, 1.165) is 32.1 Å². The molecule has 8 atom stereocenters. The second kappa shape index (κ2) is 8.48. The van der Waals surface area contributed by atoms with E-state index in [1.807, 2.05) is 0 Å². The summed E-state index contributed by atoms with van der Waals surface area (Å²) in [6.45, 7) is 10.5. The Morgan fingerprint density at radius 1 is 1.14 bits per heavy atom. The summed E-state index contributed by atoms with van der Waals surface area (Å²) in [5.41, 5.74) is 0.921. The molecule has 7 nitrogen and oxygen atoms in total. The highest BCUT2D eigenvalue weighted by atomic mass is 16.7. The molecule has 1 heterocycles. The number of hydrogen-bond donors (Lipinski definition) is 1. The monoisotopic (exact) mass is 510 g/mol. The van der Waals surface area contributed by atoms with Gasteiger partial charge in [-0.25, -0.2) is 4.79 Å². The Hall–Kier alpha value is -2.54. The maximum absolute atomic E-state index is 13.3. The number of carbonyl (C=O) groups is 2. The molecule has 1 N–H and O–H groups in total. The largest absolute Gasteiger partial charge is 0.465 e. The second-order valence-corrected chi connectivity index (χ2v) is 12.7. The van der Waals surface area contributed by atoms with E-state index in [1.54, 1.807) is 18.2 Å². The van der Waals surface area contributed by atoms with Gasteiger partial charge in [0.05, 0.1) is 11.7 Å². The summed E-state index contributed by atoms with van der Waals surface area (Å²) < 4.78 is 22.7. The zero-order chi connectivity index (χ0) is 26.2. The van der Waals surface area contributed by atoms with E-state index in [-0.39, 0.29) is 36.1 Å². The van der Waals surface area contributed by atoms with Gasteiger partial charge in [-0.1, -0.05) is 26.0 Å². The quantitative estimate of drug-likeness (QED) is 0.448. The summed E-state index contributed by atoms with van der Waals surface area (Å²) in [6.07, 6.45) is 5.47. The fourth-order valence-electron chi connectivity index (χ4n) is 9.14. The molecule has 0 radical (unpaired) electrons. The van der Waals surface area contributed by atoms with Crippen LogP contribution < -0.4 is 9.47 Å². The van der Waals surface area contributed by atoms with Crippen molar-refractivity contribution in [3.05, 3.63) is 35.9 Å².